The predicted octanol–water partition coefficient (Wildman–Crippen LogP) is 2.41. The van der Waals surface area contributed by atoms with E-state index in [4.69, 9.17) is 0 Å². The van der Waals surface area contributed by atoms with E-state index in [2.05, 4.69) is 31.1 Å². The fourth-order valence-electron chi connectivity index (χ4n) is 2.81. The van der Waals surface area contributed by atoms with Crippen molar-refractivity contribution < 1.29 is 4.92 Å². The molecule has 0 spiro atoms. The van der Waals surface area contributed by atoms with Gasteiger partial charge in [-0.1, -0.05) is 19.1 Å². The van der Waals surface area contributed by atoms with Crippen LogP contribution >= 0.6 is 0 Å². The fraction of sp³-hybridized carbons (Fsp3) is 0.600. The van der Waals surface area contributed by atoms with Crippen LogP contribution < -0.4 is 5.32 Å². The molecule has 3 unspecified atom stereocenters. The molecule has 1 saturated heterocycles. The maximum atomic E-state index is 10.6. The quantitative estimate of drug-likeness (QED) is 0.678. The number of benzene rings is 1. The Morgan fingerprint density at radius 3 is 2.60 bits per heavy atom. The zero-order valence-electron chi connectivity index (χ0n) is 12.4. The number of nitro benzene ring substituents is 1. The Labute approximate surface area is 120 Å². The smallest absolute Gasteiger partial charge is 0.269 e. The van der Waals surface area contributed by atoms with E-state index in [0.717, 1.165) is 25.1 Å². The molecule has 5 heteroatoms. The predicted molar refractivity (Wildman–Crippen MR) is 79.6 cm³/mol. The lowest BCUT2D eigenvalue weighted by Crippen LogP contribution is -2.50. The molecule has 1 fully saturated rings. The van der Waals surface area contributed by atoms with Gasteiger partial charge in [-0.15, -0.1) is 0 Å². The third kappa shape index (κ3) is 3.55. The van der Waals surface area contributed by atoms with Crippen LogP contribution in [0.1, 0.15) is 25.8 Å². The average Bonchev–Trinajstić information content (AvgIpc) is 2.42. The molecular formula is C15H23N3O2. The Morgan fingerprint density at radius 1 is 1.35 bits per heavy atom. The first-order valence-corrected chi connectivity index (χ1v) is 7.14. The number of piperidine rings is 1. The van der Waals surface area contributed by atoms with Crippen molar-refractivity contribution in [1.82, 2.24) is 10.2 Å². The molecule has 0 radical (unpaired) electrons. The molecule has 5 nitrogen and oxygen atoms in total. The third-order valence-corrected chi connectivity index (χ3v) is 4.33. The highest BCUT2D eigenvalue weighted by atomic mass is 16.6. The highest BCUT2D eigenvalue weighted by Gasteiger charge is 2.28. The summed E-state index contributed by atoms with van der Waals surface area (Å²) in [6, 6.07) is 7.90. The van der Waals surface area contributed by atoms with Crippen LogP contribution in [0.25, 0.3) is 0 Å². The van der Waals surface area contributed by atoms with Gasteiger partial charge in [0.1, 0.15) is 0 Å². The SMILES string of the molecule is CC1CN(C)C(C)CC1NCc1ccc([N+](=O)[O-])cc1. The minimum Gasteiger partial charge on any atom is -0.310 e. The summed E-state index contributed by atoms with van der Waals surface area (Å²) >= 11 is 0. The topological polar surface area (TPSA) is 58.4 Å². The number of nitro groups is 1. The maximum absolute atomic E-state index is 10.6. The van der Waals surface area contributed by atoms with Gasteiger partial charge in [0, 0.05) is 37.3 Å². The summed E-state index contributed by atoms with van der Waals surface area (Å²) in [5, 5.41) is 14.2. The van der Waals surface area contributed by atoms with Crippen LogP contribution in [0.4, 0.5) is 5.69 Å². The van der Waals surface area contributed by atoms with Crippen LogP contribution in [0.3, 0.4) is 0 Å². The number of hydrogen-bond donors (Lipinski definition) is 1. The molecule has 0 bridgehead atoms. The zero-order chi connectivity index (χ0) is 14.7. The first kappa shape index (κ1) is 14.9. The van der Waals surface area contributed by atoms with Gasteiger partial charge in [-0.3, -0.25) is 10.1 Å². The van der Waals surface area contributed by atoms with Crippen LogP contribution in [0.2, 0.25) is 0 Å². The number of likely N-dealkylation sites (tertiary alicyclic amines) is 1. The second kappa shape index (κ2) is 6.33. The third-order valence-electron chi connectivity index (χ3n) is 4.33. The van der Waals surface area contributed by atoms with Crippen LogP contribution in [0, 0.1) is 16.0 Å². The molecule has 1 N–H and O–H groups in total. The second-order valence-corrected chi connectivity index (χ2v) is 5.91. The number of non-ortho nitro benzene ring substituents is 1. The van der Waals surface area contributed by atoms with Gasteiger partial charge in [0.15, 0.2) is 0 Å². The molecule has 3 atom stereocenters. The highest BCUT2D eigenvalue weighted by Crippen LogP contribution is 2.21. The molecule has 20 heavy (non-hydrogen) atoms. The van der Waals surface area contributed by atoms with Gasteiger partial charge in [0.2, 0.25) is 0 Å². The summed E-state index contributed by atoms with van der Waals surface area (Å²) in [6.45, 7) is 6.41. The summed E-state index contributed by atoms with van der Waals surface area (Å²) in [5.74, 6) is 0.620. The molecule has 110 valence electrons. The summed E-state index contributed by atoms with van der Waals surface area (Å²) < 4.78 is 0. The van der Waals surface area contributed by atoms with E-state index in [9.17, 15) is 10.1 Å². The first-order chi connectivity index (χ1) is 9.47. The van der Waals surface area contributed by atoms with E-state index < -0.39 is 0 Å². The lowest BCUT2D eigenvalue weighted by Gasteiger charge is -2.40. The average molecular weight is 277 g/mol. The minimum absolute atomic E-state index is 0.148. The lowest BCUT2D eigenvalue weighted by atomic mass is 9.90. The Kier molecular flexibility index (Phi) is 4.73. The van der Waals surface area contributed by atoms with Gasteiger partial charge in [-0.2, -0.15) is 0 Å². The molecule has 0 aliphatic carbocycles. The van der Waals surface area contributed by atoms with Crippen LogP contribution in [0.5, 0.6) is 0 Å². The van der Waals surface area contributed by atoms with Crippen molar-refractivity contribution >= 4 is 5.69 Å². The van der Waals surface area contributed by atoms with Crippen molar-refractivity contribution in [2.45, 2.75) is 38.9 Å². The molecular weight excluding hydrogens is 254 g/mol. The van der Waals surface area contributed by atoms with Crippen LogP contribution in [-0.4, -0.2) is 35.5 Å². The normalized spacial score (nSPS) is 27.4. The molecule has 1 aromatic rings. The summed E-state index contributed by atoms with van der Waals surface area (Å²) in [6.07, 6.45) is 1.14. The molecule has 1 aliphatic rings. The van der Waals surface area contributed by atoms with Crippen LogP contribution in [0.15, 0.2) is 24.3 Å². The highest BCUT2D eigenvalue weighted by molar-refractivity contribution is 5.32. The van der Waals surface area contributed by atoms with Crippen molar-refractivity contribution in [3.05, 3.63) is 39.9 Å². The Bertz CT molecular complexity index is 461. The fourth-order valence-corrected chi connectivity index (χ4v) is 2.81. The summed E-state index contributed by atoms with van der Waals surface area (Å²) in [5.41, 5.74) is 1.24. The van der Waals surface area contributed by atoms with E-state index in [1.165, 1.54) is 0 Å². The van der Waals surface area contributed by atoms with Crippen molar-refractivity contribution in [3.8, 4) is 0 Å². The number of hydrogen-bond acceptors (Lipinski definition) is 4. The summed E-state index contributed by atoms with van der Waals surface area (Å²) in [7, 11) is 2.17. The standard InChI is InChI=1S/C15H23N3O2/c1-11-10-17(3)12(2)8-15(11)16-9-13-4-6-14(7-5-13)18(19)20/h4-7,11-12,15-16H,8-10H2,1-3H3. The lowest BCUT2D eigenvalue weighted by molar-refractivity contribution is -0.384. The minimum atomic E-state index is -0.363. The number of nitrogens with zero attached hydrogens (tertiary/aromatic N) is 2. The van der Waals surface area contributed by atoms with Gasteiger partial charge in [0.05, 0.1) is 4.92 Å². The molecule has 1 aliphatic heterocycles. The van der Waals surface area contributed by atoms with E-state index in [0.29, 0.717) is 18.0 Å². The molecule has 1 aromatic carbocycles. The first-order valence-electron chi connectivity index (χ1n) is 7.14. The van der Waals surface area contributed by atoms with Crippen molar-refractivity contribution in [1.29, 1.82) is 0 Å². The van der Waals surface area contributed by atoms with Crippen molar-refractivity contribution in [2.24, 2.45) is 5.92 Å². The molecule has 0 aromatic heterocycles. The van der Waals surface area contributed by atoms with E-state index in [1.54, 1.807) is 12.1 Å². The largest absolute Gasteiger partial charge is 0.310 e. The van der Waals surface area contributed by atoms with E-state index in [-0.39, 0.29) is 10.6 Å². The van der Waals surface area contributed by atoms with Gasteiger partial charge < -0.3 is 10.2 Å². The van der Waals surface area contributed by atoms with Crippen molar-refractivity contribution in [3.63, 3.8) is 0 Å². The second-order valence-electron chi connectivity index (χ2n) is 5.91. The Morgan fingerprint density at radius 2 is 2.00 bits per heavy atom. The van der Waals surface area contributed by atoms with Crippen LogP contribution in [-0.2, 0) is 6.54 Å². The Hall–Kier alpha value is -1.46. The molecule has 1 heterocycles. The molecule has 0 amide bonds. The van der Waals surface area contributed by atoms with Gasteiger partial charge >= 0.3 is 0 Å². The maximum Gasteiger partial charge on any atom is 0.269 e. The van der Waals surface area contributed by atoms with E-state index >= 15 is 0 Å². The number of nitrogens with one attached hydrogen (secondary N) is 1. The zero-order valence-corrected chi connectivity index (χ0v) is 12.4. The van der Waals surface area contributed by atoms with E-state index in [1.807, 2.05) is 12.1 Å². The van der Waals surface area contributed by atoms with Crippen molar-refractivity contribution in [2.75, 3.05) is 13.6 Å². The van der Waals surface area contributed by atoms with Gasteiger partial charge in [0.25, 0.3) is 5.69 Å². The number of rotatable bonds is 4. The van der Waals surface area contributed by atoms with Gasteiger partial charge in [-0.25, -0.2) is 0 Å². The monoisotopic (exact) mass is 277 g/mol. The molecule has 2 rings (SSSR count). The summed E-state index contributed by atoms with van der Waals surface area (Å²) in [4.78, 5) is 12.6. The molecule has 0 saturated carbocycles. The Balaban J connectivity index is 1.90. The van der Waals surface area contributed by atoms with Gasteiger partial charge in [-0.05, 0) is 31.9 Å².